The third-order valence-corrected chi connectivity index (χ3v) is 7.71. The van der Waals surface area contributed by atoms with Crippen LogP contribution in [0.3, 0.4) is 0 Å². The lowest BCUT2D eigenvalue weighted by Crippen LogP contribution is -2.39. The average Bonchev–Trinajstić information content (AvgIpc) is 3.29. The van der Waals surface area contributed by atoms with Gasteiger partial charge < -0.3 is 4.52 Å². The smallest absolute Gasteiger partial charge is 0.339 e. The zero-order chi connectivity index (χ0) is 23.8. The molecule has 0 radical (unpaired) electrons. The molecular weight excluding hydrogens is 455 g/mol. The van der Waals surface area contributed by atoms with Gasteiger partial charge in [0.2, 0.25) is 21.7 Å². The van der Waals surface area contributed by atoms with E-state index < -0.39 is 21.8 Å². The van der Waals surface area contributed by atoms with Crippen molar-refractivity contribution in [1.82, 2.24) is 14.4 Å². The van der Waals surface area contributed by atoms with Crippen LogP contribution in [0.2, 0.25) is 0 Å². The highest BCUT2D eigenvalue weighted by atomic mass is 32.2. The number of sulfonamides is 1. The van der Waals surface area contributed by atoms with E-state index in [0.717, 1.165) is 17.7 Å². The van der Waals surface area contributed by atoms with Crippen LogP contribution in [0.5, 0.6) is 0 Å². The summed E-state index contributed by atoms with van der Waals surface area (Å²) in [6.45, 7) is 4.68. The van der Waals surface area contributed by atoms with Crippen LogP contribution < -0.4 is 0 Å². The number of piperidine rings is 1. The third-order valence-electron chi connectivity index (χ3n) is 5.83. The van der Waals surface area contributed by atoms with Crippen molar-refractivity contribution in [2.45, 2.75) is 49.6 Å². The van der Waals surface area contributed by atoms with Gasteiger partial charge in [-0.15, -0.1) is 0 Å². The van der Waals surface area contributed by atoms with Crippen molar-refractivity contribution in [3.05, 3.63) is 65.5 Å². The van der Waals surface area contributed by atoms with Crippen molar-refractivity contribution >= 4 is 10.0 Å². The molecule has 1 saturated heterocycles. The number of nitrogens with zero attached hydrogens (tertiary/aromatic N) is 3. The van der Waals surface area contributed by atoms with E-state index in [0.29, 0.717) is 30.9 Å². The maximum atomic E-state index is 13.2. The zero-order valence-corrected chi connectivity index (χ0v) is 19.0. The molecule has 1 atom stereocenters. The van der Waals surface area contributed by atoms with Crippen molar-refractivity contribution in [2.24, 2.45) is 0 Å². The van der Waals surface area contributed by atoms with Gasteiger partial charge in [0.25, 0.3) is 0 Å². The summed E-state index contributed by atoms with van der Waals surface area (Å²) in [6.07, 6.45) is -3.12. The van der Waals surface area contributed by atoms with Gasteiger partial charge in [-0.1, -0.05) is 43.3 Å². The van der Waals surface area contributed by atoms with Crippen LogP contribution in [0.4, 0.5) is 13.2 Å². The van der Waals surface area contributed by atoms with Crippen molar-refractivity contribution in [2.75, 3.05) is 13.1 Å². The van der Waals surface area contributed by atoms with E-state index in [1.807, 2.05) is 26.0 Å². The van der Waals surface area contributed by atoms with Crippen LogP contribution in [-0.2, 0) is 16.2 Å². The molecule has 1 aliphatic rings. The number of benzene rings is 2. The first kappa shape index (κ1) is 23.4. The summed E-state index contributed by atoms with van der Waals surface area (Å²) in [4.78, 5) is 4.58. The zero-order valence-electron chi connectivity index (χ0n) is 18.2. The lowest BCUT2D eigenvalue weighted by Gasteiger charge is -2.30. The SMILES string of the molecule is CC(C)c1ccc(S(=O)(=O)N2CCCC(c3nc(-c4ccc(C(F)(F)F)cc4)no3)C2)cc1. The van der Waals surface area contributed by atoms with Gasteiger partial charge in [-0.05, 0) is 48.6 Å². The predicted molar refractivity (Wildman–Crippen MR) is 116 cm³/mol. The standard InChI is InChI=1S/C23H24F3N3O3S/c1-15(2)16-7-11-20(12-8-16)33(30,31)29-13-3-4-18(14-29)22-27-21(28-32-22)17-5-9-19(10-6-17)23(24,25)26/h5-12,15,18H,3-4,13-14H2,1-2H3. The molecule has 6 nitrogen and oxygen atoms in total. The Labute approximate surface area is 190 Å². The van der Waals surface area contributed by atoms with E-state index in [1.165, 1.54) is 16.4 Å². The Morgan fingerprint density at radius 2 is 1.73 bits per heavy atom. The summed E-state index contributed by atoms with van der Waals surface area (Å²) >= 11 is 0. The molecule has 0 bridgehead atoms. The molecule has 33 heavy (non-hydrogen) atoms. The van der Waals surface area contributed by atoms with Crippen LogP contribution in [0, 0.1) is 0 Å². The molecule has 0 aliphatic carbocycles. The molecule has 1 unspecified atom stereocenters. The second-order valence-electron chi connectivity index (χ2n) is 8.46. The van der Waals surface area contributed by atoms with Crippen molar-refractivity contribution < 1.29 is 26.1 Å². The lowest BCUT2D eigenvalue weighted by molar-refractivity contribution is -0.137. The topological polar surface area (TPSA) is 76.3 Å². The van der Waals surface area contributed by atoms with Gasteiger partial charge in [-0.3, -0.25) is 0 Å². The summed E-state index contributed by atoms with van der Waals surface area (Å²) in [5.41, 5.74) is 0.695. The molecule has 0 spiro atoms. The van der Waals surface area contributed by atoms with Gasteiger partial charge in [-0.2, -0.15) is 22.5 Å². The van der Waals surface area contributed by atoms with E-state index in [-0.39, 0.29) is 29.1 Å². The Morgan fingerprint density at radius 3 is 2.33 bits per heavy atom. The molecule has 2 heterocycles. The second kappa shape index (κ2) is 8.90. The van der Waals surface area contributed by atoms with Gasteiger partial charge in [0.05, 0.1) is 16.4 Å². The molecule has 2 aromatic carbocycles. The van der Waals surface area contributed by atoms with Crippen molar-refractivity contribution in [3.63, 3.8) is 0 Å². The molecule has 3 aromatic rings. The Hall–Kier alpha value is -2.72. The molecule has 0 saturated carbocycles. The quantitative estimate of drug-likeness (QED) is 0.487. The largest absolute Gasteiger partial charge is 0.416 e. The lowest BCUT2D eigenvalue weighted by atomic mass is 10.00. The molecule has 0 N–H and O–H groups in total. The minimum atomic E-state index is -4.42. The van der Waals surface area contributed by atoms with Crippen LogP contribution in [0.25, 0.3) is 11.4 Å². The fraction of sp³-hybridized carbons (Fsp3) is 0.391. The maximum absolute atomic E-state index is 13.2. The summed E-state index contributed by atoms with van der Waals surface area (Å²) < 4.78 is 71.4. The van der Waals surface area contributed by atoms with Crippen LogP contribution in [0.1, 0.15) is 55.5 Å². The molecular formula is C23H24F3N3O3S. The monoisotopic (exact) mass is 479 g/mol. The molecule has 1 aliphatic heterocycles. The fourth-order valence-corrected chi connectivity index (χ4v) is 5.39. The maximum Gasteiger partial charge on any atom is 0.416 e. The summed E-state index contributed by atoms with van der Waals surface area (Å²) in [7, 11) is -3.67. The van der Waals surface area contributed by atoms with Crippen molar-refractivity contribution in [1.29, 1.82) is 0 Å². The third kappa shape index (κ3) is 4.96. The minimum Gasteiger partial charge on any atom is -0.339 e. The molecule has 0 amide bonds. The summed E-state index contributed by atoms with van der Waals surface area (Å²) in [5.74, 6) is 0.458. The van der Waals surface area contributed by atoms with Crippen LogP contribution in [0.15, 0.2) is 57.9 Å². The highest BCUT2D eigenvalue weighted by Gasteiger charge is 2.34. The highest BCUT2D eigenvalue weighted by molar-refractivity contribution is 7.89. The summed E-state index contributed by atoms with van der Waals surface area (Å²) in [6, 6.07) is 11.4. The molecule has 4 rings (SSSR count). The van der Waals surface area contributed by atoms with E-state index in [1.54, 1.807) is 12.1 Å². The number of rotatable bonds is 5. The predicted octanol–water partition coefficient (Wildman–Crippen LogP) is 5.45. The van der Waals surface area contributed by atoms with Gasteiger partial charge in [0, 0.05) is 18.7 Å². The van der Waals surface area contributed by atoms with Gasteiger partial charge in [-0.25, -0.2) is 8.42 Å². The Bertz CT molecular complexity index is 1200. The number of hydrogen-bond donors (Lipinski definition) is 0. The first-order chi connectivity index (χ1) is 15.6. The van der Waals surface area contributed by atoms with E-state index >= 15 is 0 Å². The number of halogens is 3. The molecule has 10 heteroatoms. The van der Waals surface area contributed by atoms with E-state index in [4.69, 9.17) is 4.52 Å². The molecule has 1 fully saturated rings. The van der Waals surface area contributed by atoms with Gasteiger partial charge in [0.1, 0.15) is 0 Å². The molecule has 1 aromatic heterocycles. The Morgan fingerprint density at radius 1 is 1.06 bits per heavy atom. The molecule has 176 valence electrons. The second-order valence-corrected chi connectivity index (χ2v) is 10.4. The minimum absolute atomic E-state index is 0.169. The Balaban J connectivity index is 1.50. The van der Waals surface area contributed by atoms with Gasteiger partial charge in [0.15, 0.2) is 0 Å². The first-order valence-electron chi connectivity index (χ1n) is 10.7. The van der Waals surface area contributed by atoms with E-state index in [9.17, 15) is 21.6 Å². The average molecular weight is 480 g/mol. The van der Waals surface area contributed by atoms with Crippen LogP contribution in [-0.4, -0.2) is 36.0 Å². The fourth-order valence-electron chi connectivity index (χ4n) is 3.86. The first-order valence-corrected chi connectivity index (χ1v) is 12.1. The normalized spacial score (nSPS) is 18.1. The number of aromatic nitrogens is 2. The van der Waals surface area contributed by atoms with Crippen LogP contribution >= 0.6 is 0 Å². The highest BCUT2D eigenvalue weighted by Crippen LogP contribution is 2.33. The number of hydrogen-bond acceptors (Lipinski definition) is 5. The van der Waals surface area contributed by atoms with E-state index in [2.05, 4.69) is 10.1 Å². The number of alkyl halides is 3. The Kier molecular flexibility index (Phi) is 6.32. The van der Waals surface area contributed by atoms with Crippen molar-refractivity contribution in [3.8, 4) is 11.4 Å². The van der Waals surface area contributed by atoms with Gasteiger partial charge >= 0.3 is 6.18 Å². The summed E-state index contributed by atoms with van der Waals surface area (Å²) in [5, 5.41) is 3.89.